The van der Waals surface area contributed by atoms with Crippen molar-refractivity contribution in [1.82, 2.24) is 4.90 Å². The molecule has 0 aromatic heterocycles. The Morgan fingerprint density at radius 1 is 1.03 bits per heavy atom. The highest BCUT2D eigenvalue weighted by Gasteiger charge is 2.30. The molecule has 1 atom stereocenters. The molecule has 2 amide bonds. The fourth-order valence-electron chi connectivity index (χ4n) is 2.96. The highest BCUT2D eigenvalue weighted by molar-refractivity contribution is 5.94. The van der Waals surface area contributed by atoms with E-state index >= 15 is 0 Å². The van der Waals surface area contributed by atoms with E-state index in [0.29, 0.717) is 11.3 Å². The Balaban J connectivity index is 2.00. The molecule has 0 spiro atoms. The molecule has 0 heterocycles. The monoisotopic (exact) mass is 422 g/mol. The average Bonchev–Trinajstić information content (AvgIpc) is 2.65. The molecule has 0 saturated carbocycles. The van der Waals surface area contributed by atoms with Crippen LogP contribution in [-0.2, 0) is 9.59 Å². The summed E-state index contributed by atoms with van der Waals surface area (Å²) in [6, 6.07) is 8.25. The fourth-order valence-corrected chi connectivity index (χ4v) is 2.96. The van der Waals surface area contributed by atoms with Gasteiger partial charge in [0.05, 0.1) is 0 Å². The van der Waals surface area contributed by atoms with E-state index in [1.54, 1.807) is 33.0 Å². The molecule has 0 fully saturated rings. The van der Waals surface area contributed by atoms with Crippen molar-refractivity contribution in [3.05, 3.63) is 65.5 Å². The maximum absolute atomic E-state index is 13.9. The summed E-state index contributed by atoms with van der Waals surface area (Å²) in [4.78, 5) is 26.6. The van der Waals surface area contributed by atoms with Gasteiger partial charge in [0.15, 0.2) is 6.54 Å². The smallest absolute Gasteiger partial charge is 0.278 e. The Morgan fingerprint density at radius 2 is 1.63 bits per heavy atom. The lowest BCUT2D eigenvalue weighted by molar-refractivity contribution is -0.683. The predicted molar refractivity (Wildman–Crippen MR) is 108 cm³/mol. The van der Waals surface area contributed by atoms with Gasteiger partial charge in [0.25, 0.3) is 5.91 Å². The van der Waals surface area contributed by atoms with Gasteiger partial charge in [0, 0.05) is 22.9 Å². The molecule has 0 unspecified atom stereocenters. The van der Waals surface area contributed by atoms with E-state index in [1.165, 1.54) is 41.3 Å². The van der Waals surface area contributed by atoms with Gasteiger partial charge in [-0.05, 0) is 64.1 Å². The molecule has 2 aromatic rings. The normalized spacial score (nSPS) is 12.4. The number of nitrogens with one attached hydrogen (secondary N) is 1. The summed E-state index contributed by atoms with van der Waals surface area (Å²) in [5.74, 6) is -2.46. The van der Waals surface area contributed by atoms with Crippen LogP contribution in [0.5, 0.6) is 0 Å². The number of quaternary nitrogens is 1. The molecule has 0 saturated heterocycles. The van der Waals surface area contributed by atoms with Crippen LogP contribution in [-0.4, -0.2) is 35.3 Å². The number of benzene rings is 2. The summed E-state index contributed by atoms with van der Waals surface area (Å²) < 4.78 is 40.0. The van der Waals surface area contributed by atoms with Gasteiger partial charge in [0.2, 0.25) is 5.91 Å². The van der Waals surface area contributed by atoms with Crippen molar-refractivity contribution in [2.75, 3.05) is 18.4 Å². The number of nitrogens with zero attached hydrogens (tertiary/aromatic N) is 1. The molecule has 2 aromatic carbocycles. The van der Waals surface area contributed by atoms with Crippen molar-refractivity contribution in [3.63, 3.8) is 0 Å². The first-order valence-corrected chi connectivity index (χ1v) is 9.61. The summed E-state index contributed by atoms with van der Waals surface area (Å²) in [5.41, 5.74) is 0.0883. The van der Waals surface area contributed by atoms with Crippen LogP contribution in [0.2, 0.25) is 0 Å². The van der Waals surface area contributed by atoms with Crippen LogP contribution in [0, 0.1) is 17.5 Å². The van der Waals surface area contributed by atoms with Crippen LogP contribution in [0.3, 0.4) is 0 Å². The van der Waals surface area contributed by atoms with E-state index < -0.39 is 34.9 Å². The van der Waals surface area contributed by atoms with Gasteiger partial charge in [0.1, 0.15) is 30.0 Å². The van der Waals surface area contributed by atoms with Crippen LogP contribution in [0.25, 0.3) is 0 Å². The van der Waals surface area contributed by atoms with E-state index in [0.717, 1.165) is 6.07 Å². The van der Waals surface area contributed by atoms with Gasteiger partial charge >= 0.3 is 0 Å². The van der Waals surface area contributed by atoms with Crippen LogP contribution >= 0.6 is 0 Å². The third-order valence-corrected chi connectivity index (χ3v) is 4.64. The largest absolute Gasteiger partial charge is 0.332 e. The van der Waals surface area contributed by atoms with Crippen molar-refractivity contribution >= 4 is 17.5 Å². The number of hydrogen-bond donors (Lipinski definition) is 2. The Bertz CT molecular complexity index is 895. The van der Waals surface area contributed by atoms with Crippen LogP contribution < -0.4 is 10.6 Å². The molecule has 8 heteroatoms. The molecule has 0 aliphatic heterocycles. The SMILES string of the molecule is C[C@H]([NH2+]CC(=O)N(CC(=O)Nc1ccc(F)cc1)C(C)(C)C)c1ccc(F)cc1F. The third kappa shape index (κ3) is 6.59. The molecule has 0 bridgehead atoms. The third-order valence-electron chi connectivity index (χ3n) is 4.64. The summed E-state index contributed by atoms with van der Waals surface area (Å²) in [7, 11) is 0. The van der Waals surface area contributed by atoms with Crippen molar-refractivity contribution in [3.8, 4) is 0 Å². The summed E-state index contributed by atoms with van der Waals surface area (Å²) >= 11 is 0. The first kappa shape index (κ1) is 23.4. The van der Waals surface area contributed by atoms with Crippen LogP contribution in [0.4, 0.5) is 18.9 Å². The molecule has 3 N–H and O–H groups in total. The number of carbonyl (C=O) groups is 2. The second-order valence-electron chi connectivity index (χ2n) is 8.10. The molecular weight excluding hydrogens is 395 g/mol. The van der Waals surface area contributed by atoms with E-state index in [2.05, 4.69) is 5.32 Å². The van der Waals surface area contributed by atoms with Crippen molar-refractivity contribution in [2.24, 2.45) is 0 Å². The summed E-state index contributed by atoms with van der Waals surface area (Å²) in [6.07, 6.45) is 0. The minimum absolute atomic E-state index is 0.0148. The maximum Gasteiger partial charge on any atom is 0.278 e. The Morgan fingerprint density at radius 3 is 2.20 bits per heavy atom. The van der Waals surface area contributed by atoms with E-state index in [-0.39, 0.29) is 19.0 Å². The number of rotatable bonds is 7. The van der Waals surface area contributed by atoms with Crippen molar-refractivity contribution in [2.45, 2.75) is 39.3 Å². The minimum atomic E-state index is -0.669. The maximum atomic E-state index is 13.9. The van der Waals surface area contributed by atoms with Crippen LogP contribution in [0.1, 0.15) is 39.3 Å². The molecule has 30 heavy (non-hydrogen) atoms. The zero-order chi connectivity index (χ0) is 22.5. The molecular formula is C22H27F3N3O2+. The number of carbonyl (C=O) groups excluding carboxylic acids is 2. The Hall–Kier alpha value is -2.87. The second-order valence-corrected chi connectivity index (χ2v) is 8.10. The standard InChI is InChI=1S/C22H26F3N3O2/c1-14(18-10-7-16(24)11-19(18)25)26-12-21(30)28(22(2,3)4)13-20(29)27-17-8-5-15(23)6-9-17/h5-11,14,26H,12-13H2,1-4H3,(H,27,29)/p+1/t14-/m0/s1. The fraction of sp³-hybridized carbons (Fsp3) is 0.364. The molecule has 0 radical (unpaired) electrons. The topological polar surface area (TPSA) is 66.0 Å². The van der Waals surface area contributed by atoms with Gasteiger partial charge in [-0.15, -0.1) is 0 Å². The highest BCUT2D eigenvalue weighted by Crippen LogP contribution is 2.16. The zero-order valence-electron chi connectivity index (χ0n) is 17.5. The van der Waals surface area contributed by atoms with Gasteiger partial charge in [-0.25, -0.2) is 13.2 Å². The number of nitrogens with two attached hydrogens (primary N) is 1. The predicted octanol–water partition coefficient (Wildman–Crippen LogP) is 2.99. The Labute approximate surface area is 174 Å². The van der Waals surface area contributed by atoms with Crippen molar-refractivity contribution < 1.29 is 28.1 Å². The lowest BCUT2D eigenvalue weighted by Gasteiger charge is -2.34. The summed E-state index contributed by atoms with van der Waals surface area (Å²) in [6.45, 7) is 6.93. The quantitative estimate of drug-likeness (QED) is 0.721. The first-order valence-electron chi connectivity index (χ1n) is 9.61. The number of halogens is 3. The van der Waals surface area contributed by atoms with Gasteiger partial charge in [-0.2, -0.15) is 0 Å². The lowest BCUT2D eigenvalue weighted by atomic mass is 10.1. The lowest BCUT2D eigenvalue weighted by Crippen LogP contribution is -2.87. The second kappa shape index (κ2) is 9.75. The molecule has 0 aliphatic rings. The van der Waals surface area contributed by atoms with Gasteiger partial charge in [-0.1, -0.05) is 0 Å². The molecule has 5 nitrogen and oxygen atoms in total. The van der Waals surface area contributed by atoms with Crippen molar-refractivity contribution in [1.29, 1.82) is 0 Å². The van der Waals surface area contributed by atoms with Gasteiger partial charge in [-0.3, -0.25) is 9.59 Å². The van der Waals surface area contributed by atoms with Gasteiger partial charge < -0.3 is 15.5 Å². The molecule has 2 rings (SSSR count). The van der Waals surface area contributed by atoms with E-state index in [1.807, 2.05) is 0 Å². The minimum Gasteiger partial charge on any atom is -0.332 e. The number of anilines is 1. The van der Waals surface area contributed by atoms with E-state index in [4.69, 9.17) is 0 Å². The van der Waals surface area contributed by atoms with E-state index in [9.17, 15) is 22.8 Å². The zero-order valence-corrected chi connectivity index (χ0v) is 17.5. The molecule has 0 aliphatic carbocycles. The molecule has 162 valence electrons. The Kier molecular flexibility index (Phi) is 7.61. The van der Waals surface area contributed by atoms with Crippen LogP contribution in [0.15, 0.2) is 42.5 Å². The highest BCUT2D eigenvalue weighted by atomic mass is 19.1. The number of amides is 2. The first-order chi connectivity index (χ1) is 14.0. The summed E-state index contributed by atoms with van der Waals surface area (Å²) in [5, 5.41) is 4.27. The number of hydrogen-bond acceptors (Lipinski definition) is 2. The average molecular weight is 422 g/mol.